The SMILES string of the molecule is O=C(NC1CCCc2c1cnn2Cc1ccccc1)C(c1ccccc1)N1CCCCC1=O. The topological polar surface area (TPSA) is 67.2 Å². The number of hydrogen-bond donors (Lipinski definition) is 1. The van der Waals surface area contributed by atoms with Crippen molar-refractivity contribution in [2.45, 2.75) is 57.2 Å². The molecule has 2 aliphatic rings. The highest BCUT2D eigenvalue weighted by Crippen LogP contribution is 2.32. The number of aromatic nitrogens is 2. The number of amides is 2. The lowest BCUT2D eigenvalue weighted by Gasteiger charge is -2.35. The molecule has 2 heterocycles. The monoisotopic (exact) mass is 442 g/mol. The number of carbonyl (C=O) groups excluding carboxylic acids is 2. The highest BCUT2D eigenvalue weighted by Gasteiger charge is 2.35. The molecule has 6 nitrogen and oxygen atoms in total. The van der Waals surface area contributed by atoms with Gasteiger partial charge in [0, 0.05) is 24.2 Å². The third-order valence-electron chi connectivity index (χ3n) is 6.79. The van der Waals surface area contributed by atoms with Gasteiger partial charge in [-0.15, -0.1) is 0 Å². The van der Waals surface area contributed by atoms with E-state index in [1.807, 2.05) is 54.7 Å². The fourth-order valence-corrected chi connectivity index (χ4v) is 5.12. The van der Waals surface area contributed by atoms with Gasteiger partial charge >= 0.3 is 0 Å². The Morgan fingerprint density at radius 1 is 1.00 bits per heavy atom. The maximum atomic E-state index is 13.6. The summed E-state index contributed by atoms with van der Waals surface area (Å²) in [6.07, 6.45) is 7.08. The molecule has 0 bridgehead atoms. The molecule has 0 radical (unpaired) electrons. The summed E-state index contributed by atoms with van der Waals surface area (Å²) in [5, 5.41) is 7.94. The number of carbonyl (C=O) groups is 2. The second kappa shape index (κ2) is 9.61. The van der Waals surface area contributed by atoms with E-state index in [9.17, 15) is 9.59 Å². The van der Waals surface area contributed by atoms with Crippen LogP contribution in [-0.4, -0.2) is 33.0 Å². The molecule has 1 aliphatic heterocycles. The van der Waals surface area contributed by atoms with Gasteiger partial charge in [-0.3, -0.25) is 14.3 Å². The normalized spacial score (nSPS) is 19.1. The van der Waals surface area contributed by atoms with Crippen molar-refractivity contribution in [2.75, 3.05) is 6.54 Å². The Morgan fingerprint density at radius 2 is 1.76 bits per heavy atom. The van der Waals surface area contributed by atoms with Crippen LogP contribution in [-0.2, 0) is 22.6 Å². The second-order valence-corrected chi connectivity index (χ2v) is 9.00. The molecule has 1 N–H and O–H groups in total. The van der Waals surface area contributed by atoms with Gasteiger partial charge in [-0.25, -0.2) is 0 Å². The maximum absolute atomic E-state index is 13.6. The highest BCUT2D eigenvalue weighted by molar-refractivity contribution is 5.89. The van der Waals surface area contributed by atoms with Crippen molar-refractivity contribution in [3.63, 3.8) is 0 Å². The van der Waals surface area contributed by atoms with Crippen LogP contribution >= 0.6 is 0 Å². The van der Waals surface area contributed by atoms with Gasteiger partial charge < -0.3 is 10.2 Å². The van der Waals surface area contributed by atoms with Crippen molar-refractivity contribution >= 4 is 11.8 Å². The van der Waals surface area contributed by atoms with Gasteiger partial charge in [-0.2, -0.15) is 5.10 Å². The van der Waals surface area contributed by atoms with E-state index in [2.05, 4.69) is 27.2 Å². The Bertz CT molecular complexity index is 1110. The smallest absolute Gasteiger partial charge is 0.247 e. The zero-order valence-electron chi connectivity index (χ0n) is 18.8. The number of hydrogen-bond acceptors (Lipinski definition) is 3. The number of benzene rings is 2. The van der Waals surface area contributed by atoms with Gasteiger partial charge in [0.15, 0.2) is 0 Å². The van der Waals surface area contributed by atoms with Crippen LogP contribution in [0.4, 0.5) is 0 Å². The maximum Gasteiger partial charge on any atom is 0.247 e. The average molecular weight is 443 g/mol. The van der Waals surface area contributed by atoms with E-state index in [1.54, 1.807) is 4.90 Å². The lowest BCUT2D eigenvalue weighted by molar-refractivity contribution is -0.143. The van der Waals surface area contributed by atoms with E-state index in [0.717, 1.165) is 49.8 Å². The van der Waals surface area contributed by atoms with E-state index in [4.69, 9.17) is 0 Å². The number of rotatable bonds is 6. The van der Waals surface area contributed by atoms with Crippen molar-refractivity contribution in [1.82, 2.24) is 20.0 Å². The molecule has 33 heavy (non-hydrogen) atoms. The summed E-state index contributed by atoms with van der Waals surface area (Å²) in [6.45, 7) is 1.35. The minimum atomic E-state index is -0.594. The Labute approximate surface area is 194 Å². The fourth-order valence-electron chi connectivity index (χ4n) is 5.12. The van der Waals surface area contributed by atoms with Crippen molar-refractivity contribution < 1.29 is 9.59 Å². The minimum Gasteiger partial charge on any atom is -0.347 e. The first-order chi connectivity index (χ1) is 16.2. The summed E-state index contributed by atoms with van der Waals surface area (Å²) >= 11 is 0. The molecule has 1 aliphatic carbocycles. The average Bonchev–Trinajstić information content (AvgIpc) is 3.26. The van der Waals surface area contributed by atoms with Crippen LogP contribution in [0.3, 0.4) is 0 Å². The molecule has 2 amide bonds. The van der Waals surface area contributed by atoms with Crippen LogP contribution in [0.25, 0.3) is 0 Å². The van der Waals surface area contributed by atoms with Crippen LogP contribution in [0.1, 0.15) is 66.6 Å². The Morgan fingerprint density at radius 3 is 2.52 bits per heavy atom. The van der Waals surface area contributed by atoms with Crippen LogP contribution in [0.5, 0.6) is 0 Å². The number of piperidine rings is 1. The Hall–Kier alpha value is -3.41. The second-order valence-electron chi connectivity index (χ2n) is 9.00. The first-order valence-electron chi connectivity index (χ1n) is 11.9. The van der Waals surface area contributed by atoms with Crippen molar-refractivity contribution in [1.29, 1.82) is 0 Å². The first kappa shape index (κ1) is 21.4. The molecule has 0 saturated carbocycles. The zero-order chi connectivity index (χ0) is 22.6. The number of nitrogens with zero attached hydrogens (tertiary/aromatic N) is 3. The molecule has 0 spiro atoms. The van der Waals surface area contributed by atoms with E-state index in [1.165, 1.54) is 11.3 Å². The molecule has 2 unspecified atom stereocenters. The van der Waals surface area contributed by atoms with Crippen molar-refractivity contribution in [2.24, 2.45) is 0 Å². The predicted molar refractivity (Wildman–Crippen MR) is 126 cm³/mol. The molecular weight excluding hydrogens is 412 g/mol. The van der Waals surface area contributed by atoms with Crippen molar-refractivity contribution in [3.05, 3.63) is 89.2 Å². The van der Waals surface area contributed by atoms with E-state index in [0.29, 0.717) is 13.0 Å². The van der Waals surface area contributed by atoms with Gasteiger partial charge in [-0.05, 0) is 43.2 Å². The van der Waals surface area contributed by atoms with Crippen LogP contribution < -0.4 is 5.32 Å². The molecule has 2 atom stereocenters. The lowest BCUT2D eigenvalue weighted by atomic mass is 9.92. The summed E-state index contributed by atoms with van der Waals surface area (Å²) in [7, 11) is 0. The summed E-state index contributed by atoms with van der Waals surface area (Å²) in [5.41, 5.74) is 4.37. The summed E-state index contributed by atoms with van der Waals surface area (Å²) in [6, 6.07) is 19.3. The van der Waals surface area contributed by atoms with Gasteiger partial charge in [0.05, 0.1) is 18.8 Å². The minimum absolute atomic E-state index is 0.0604. The van der Waals surface area contributed by atoms with E-state index >= 15 is 0 Å². The molecule has 1 aromatic heterocycles. The molecule has 1 saturated heterocycles. The van der Waals surface area contributed by atoms with Gasteiger partial charge in [0.25, 0.3) is 0 Å². The number of likely N-dealkylation sites (tertiary alicyclic amines) is 1. The van der Waals surface area contributed by atoms with E-state index < -0.39 is 6.04 Å². The number of fused-ring (bicyclic) bond motifs is 1. The zero-order valence-corrected chi connectivity index (χ0v) is 18.8. The van der Waals surface area contributed by atoms with Gasteiger partial charge in [-0.1, -0.05) is 60.7 Å². The molecular formula is C27H30N4O2. The highest BCUT2D eigenvalue weighted by atomic mass is 16.2. The quantitative estimate of drug-likeness (QED) is 0.623. The third-order valence-corrected chi connectivity index (χ3v) is 6.79. The van der Waals surface area contributed by atoms with Crippen molar-refractivity contribution in [3.8, 4) is 0 Å². The molecule has 5 rings (SSSR count). The first-order valence-corrected chi connectivity index (χ1v) is 11.9. The fraction of sp³-hybridized carbons (Fsp3) is 0.370. The van der Waals surface area contributed by atoms with Gasteiger partial charge in [0.1, 0.15) is 6.04 Å². The lowest BCUT2D eigenvalue weighted by Crippen LogP contribution is -2.46. The summed E-state index contributed by atoms with van der Waals surface area (Å²) < 4.78 is 2.06. The Balaban J connectivity index is 1.38. The van der Waals surface area contributed by atoms with Crippen LogP contribution in [0.15, 0.2) is 66.9 Å². The van der Waals surface area contributed by atoms with Gasteiger partial charge in [0.2, 0.25) is 11.8 Å². The predicted octanol–water partition coefficient (Wildman–Crippen LogP) is 4.18. The third kappa shape index (κ3) is 4.56. The molecule has 170 valence electrons. The van der Waals surface area contributed by atoms with Crippen LogP contribution in [0, 0.1) is 0 Å². The molecule has 3 aromatic rings. The summed E-state index contributed by atoms with van der Waals surface area (Å²) in [5.74, 6) is -0.0459. The van der Waals surface area contributed by atoms with Crippen LogP contribution in [0.2, 0.25) is 0 Å². The number of nitrogens with one attached hydrogen (secondary N) is 1. The molecule has 2 aromatic carbocycles. The molecule has 1 fully saturated rings. The molecule has 6 heteroatoms. The standard InChI is InChI=1S/C27H30N4O2/c32-25-16-7-8-17-30(25)26(21-12-5-2-6-13-21)27(33)29-23-14-9-15-24-22(23)18-28-31(24)19-20-10-3-1-4-11-20/h1-6,10-13,18,23,26H,7-9,14-17,19H2,(H,29,33). The summed E-state index contributed by atoms with van der Waals surface area (Å²) in [4.78, 5) is 28.1. The largest absolute Gasteiger partial charge is 0.347 e. The van der Waals surface area contributed by atoms with E-state index in [-0.39, 0.29) is 17.9 Å². The Kier molecular flexibility index (Phi) is 6.24.